The zero-order valence-electron chi connectivity index (χ0n) is 13.3. The van der Waals surface area contributed by atoms with Gasteiger partial charge in [-0.25, -0.2) is 0 Å². The fraction of sp³-hybridized carbons (Fsp3) is 0.368. The summed E-state index contributed by atoms with van der Waals surface area (Å²) in [6.07, 6.45) is 2.17. The monoisotopic (exact) mass is 284 g/mol. The van der Waals surface area contributed by atoms with Gasteiger partial charge >= 0.3 is 0 Å². The fourth-order valence-electron chi connectivity index (χ4n) is 2.92. The van der Waals surface area contributed by atoms with Gasteiger partial charge in [0.05, 0.1) is 0 Å². The first kappa shape index (κ1) is 15.4. The second kappa shape index (κ2) is 6.21. The highest BCUT2D eigenvalue weighted by atomic mass is 16.3. The molecule has 0 aliphatic carbocycles. The third kappa shape index (κ3) is 3.05. The number of aromatic hydroxyl groups is 2. The predicted octanol–water partition coefficient (Wildman–Crippen LogP) is 4.43. The summed E-state index contributed by atoms with van der Waals surface area (Å²) in [6, 6.07) is 8.02. The highest BCUT2D eigenvalue weighted by molar-refractivity contribution is 5.51. The first-order valence-electron chi connectivity index (χ1n) is 7.59. The van der Waals surface area contributed by atoms with Gasteiger partial charge in [-0.2, -0.15) is 0 Å². The third-order valence-corrected chi connectivity index (χ3v) is 4.13. The molecule has 21 heavy (non-hydrogen) atoms. The molecule has 0 atom stereocenters. The second-order valence-corrected chi connectivity index (χ2v) is 5.68. The molecule has 2 heteroatoms. The number of rotatable bonds is 4. The van der Waals surface area contributed by atoms with Crippen LogP contribution in [0.25, 0.3) is 0 Å². The van der Waals surface area contributed by atoms with Crippen LogP contribution >= 0.6 is 0 Å². The molecule has 0 fully saturated rings. The van der Waals surface area contributed by atoms with E-state index < -0.39 is 0 Å². The van der Waals surface area contributed by atoms with Crippen molar-refractivity contribution in [3.63, 3.8) is 0 Å². The van der Waals surface area contributed by atoms with Crippen LogP contribution in [0.4, 0.5) is 0 Å². The largest absolute Gasteiger partial charge is 0.507 e. The predicted molar refractivity (Wildman–Crippen MR) is 87.2 cm³/mol. The van der Waals surface area contributed by atoms with Crippen molar-refractivity contribution in [2.24, 2.45) is 0 Å². The van der Waals surface area contributed by atoms with Crippen LogP contribution < -0.4 is 0 Å². The number of hydrogen-bond acceptors (Lipinski definition) is 2. The molecule has 0 aromatic heterocycles. The van der Waals surface area contributed by atoms with Gasteiger partial charge in [-0.15, -0.1) is 0 Å². The molecule has 0 saturated carbocycles. The lowest BCUT2D eigenvalue weighted by atomic mass is 9.94. The Morgan fingerprint density at radius 2 is 1.48 bits per heavy atom. The quantitative estimate of drug-likeness (QED) is 0.872. The summed E-state index contributed by atoms with van der Waals surface area (Å²) in [4.78, 5) is 0. The van der Waals surface area contributed by atoms with E-state index >= 15 is 0 Å². The highest BCUT2D eigenvalue weighted by Gasteiger charge is 2.13. The summed E-state index contributed by atoms with van der Waals surface area (Å²) >= 11 is 0. The van der Waals surface area contributed by atoms with Crippen molar-refractivity contribution in [3.8, 4) is 11.5 Å². The third-order valence-electron chi connectivity index (χ3n) is 4.13. The number of phenols is 2. The molecule has 0 saturated heterocycles. The number of benzene rings is 2. The Morgan fingerprint density at radius 1 is 0.810 bits per heavy atom. The maximum atomic E-state index is 10.4. The molecule has 0 heterocycles. The van der Waals surface area contributed by atoms with Gasteiger partial charge in [0.2, 0.25) is 0 Å². The molecule has 0 radical (unpaired) electrons. The van der Waals surface area contributed by atoms with Crippen LogP contribution in [-0.4, -0.2) is 10.2 Å². The maximum absolute atomic E-state index is 10.4. The Morgan fingerprint density at radius 3 is 2.10 bits per heavy atom. The Labute approximate surface area is 127 Å². The minimum Gasteiger partial charge on any atom is -0.507 e. The standard InChI is InChI=1S/C19H24O2/c1-5-14-9-12(3)10-16(18(14)20)11-15-8-7-13(4)17(6-2)19(15)21/h7-10,20-21H,5-6,11H2,1-4H3. The zero-order chi connectivity index (χ0) is 15.6. The molecule has 2 N–H and O–H groups in total. The summed E-state index contributed by atoms with van der Waals surface area (Å²) in [5, 5.41) is 20.8. The lowest BCUT2D eigenvalue weighted by Crippen LogP contribution is -1.97. The second-order valence-electron chi connectivity index (χ2n) is 5.68. The van der Waals surface area contributed by atoms with Gasteiger partial charge in [0.15, 0.2) is 0 Å². The van der Waals surface area contributed by atoms with Crippen LogP contribution in [0.5, 0.6) is 11.5 Å². The van der Waals surface area contributed by atoms with E-state index in [0.717, 1.165) is 46.2 Å². The van der Waals surface area contributed by atoms with E-state index in [4.69, 9.17) is 0 Å². The smallest absolute Gasteiger partial charge is 0.122 e. The van der Waals surface area contributed by atoms with Gasteiger partial charge in [0.1, 0.15) is 11.5 Å². The molecular formula is C19H24O2. The van der Waals surface area contributed by atoms with Gasteiger partial charge in [-0.1, -0.05) is 43.7 Å². The minimum absolute atomic E-state index is 0.362. The Balaban J connectivity index is 2.46. The summed E-state index contributed by atoms with van der Waals surface area (Å²) in [6.45, 7) is 8.14. The van der Waals surface area contributed by atoms with E-state index in [9.17, 15) is 10.2 Å². The van der Waals surface area contributed by atoms with E-state index in [1.807, 2.05) is 52.0 Å². The Kier molecular flexibility index (Phi) is 4.56. The van der Waals surface area contributed by atoms with E-state index in [1.165, 1.54) is 0 Å². The van der Waals surface area contributed by atoms with Crippen molar-refractivity contribution in [3.05, 3.63) is 57.6 Å². The average molecular weight is 284 g/mol. The maximum Gasteiger partial charge on any atom is 0.122 e. The van der Waals surface area contributed by atoms with Crippen molar-refractivity contribution in [1.82, 2.24) is 0 Å². The molecule has 112 valence electrons. The molecule has 2 aromatic rings. The normalized spacial score (nSPS) is 10.9. The van der Waals surface area contributed by atoms with Gasteiger partial charge in [0, 0.05) is 6.42 Å². The molecule has 2 nitrogen and oxygen atoms in total. The van der Waals surface area contributed by atoms with Gasteiger partial charge in [0.25, 0.3) is 0 Å². The molecule has 0 aliphatic heterocycles. The first-order chi connectivity index (χ1) is 9.97. The topological polar surface area (TPSA) is 40.5 Å². The summed E-state index contributed by atoms with van der Waals surface area (Å²) in [5.74, 6) is 0.734. The van der Waals surface area contributed by atoms with E-state index in [1.54, 1.807) is 0 Å². The Bertz CT molecular complexity index is 657. The highest BCUT2D eigenvalue weighted by Crippen LogP contribution is 2.32. The van der Waals surface area contributed by atoms with Crippen LogP contribution in [0.1, 0.15) is 47.2 Å². The van der Waals surface area contributed by atoms with Crippen molar-refractivity contribution in [2.45, 2.75) is 47.0 Å². The number of phenolic OH excluding ortho intramolecular Hbond substituents is 2. The van der Waals surface area contributed by atoms with Crippen LogP contribution in [-0.2, 0) is 19.3 Å². The first-order valence-corrected chi connectivity index (χ1v) is 7.59. The molecule has 0 bridgehead atoms. The molecular weight excluding hydrogens is 260 g/mol. The van der Waals surface area contributed by atoms with Gasteiger partial charge < -0.3 is 10.2 Å². The van der Waals surface area contributed by atoms with Crippen LogP contribution in [0.2, 0.25) is 0 Å². The van der Waals surface area contributed by atoms with Crippen molar-refractivity contribution in [2.75, 3.05) is 0 Å². The molecule has 2 rings (SSSR count). The fourth-order valence-corrected chi connectivity index (χ4v) is 2.92. The van der Waals surface area contributed by atoms with Gasteiger partial charge in [-0.05, 0) is 54.5 Å². The van der Waals surface area contributed by atoms with E-state index in [2.05, 4.69) is 0 Å². The van der Waals surface area contributed by atoms with Crippen molar-refractivity contribution >= 4 is 0 Å². The lowest BCUT2D eigenvalue weighted by Gasteiger charge is -2.14. The molecule has 0 spiro atoms. The SMILES string of the molecule is CCc1cc(C)cc(Cc2ccc(C)c(CC)c2O)c1O. The van der Waals surface area contributed by atoms with Gasteiger partial charge in [-0.3, -0.25) is 0 Å². The lowest BCUT2D eigenvalue weighted by molar-refractivity contribution is 0.456. The van der Waals surface area contributed by atoms with Crippen molar-refractivity contribution in [1.29, 1.82) is 0 Å². The number of aryl methyl sites for hydroxylation is 3. The summed E-state index contributed by atoms with van der Waals surface area (Å²) in [5.41, 5.74) is 5.97. The van der Waals surface area contributed by atoms with E-state index in [0.29, 0.717) is 17.9 Å². The molecule has 0 unspecified atom stereocenters. The summed E-state index contributed by atoms with van der Waals surface area (Å²) in [7, 11) is 0. The average Bonchev–Trinajstić information content (AvgIpc) is 2.45. The van der Waals surface area contributed by atoms with Crippen LogP contribution in [0, 0.1) is 13.8 Å². The van der Waals surface area contributed by atoms with E-state index in [-0.39, 0.29) is 0 Å². The molecule has 0 aliphatic rings. The molecule has 2 aromatic carbocycles. The summed E-state index contributed by atoms with van der Waals surface area (Å²) < 4.78 is 0. The Hall–Kier alpha value is -1.96. The zero-order valence-corrected chi connectivity index (χ0v) is 13.3. The minimum atomic E-state index is 0.362. The van der Waals surface area contributed by atoms with Crippen molar-refractivity contribution < 1.29 is 10.2 Å². The van der Waals surface area contributed by atoms with Crippen LogP contribution in [0.15, 0.2) is 24.3 Å². The number of hydrogen-bond donors (Lipinski definition) is 2. The molecule has 0 amide bonds. The van der Waals surface area contributed by atoms with Crippen LogP contribution in [0.3, 0.4) is 0 Å².